The fraction of sp³-hybridized carbons (Fsp3) is 0.182. The molecule has 1 aromatic rings. The van der Waals surface area contributed by atoms with Crippen molar-refractivity contribution in [3.05, 3.63) is 48.6 Å². The SMILES string of the molecule is C=C[C@@H](OC(=O)CCl)c1ccccc1. The highest BCUT2D eigenvalue weighted by molar-refractivity contribution is 6.26. The molecule has 0 fully saturated rings. The molecule has 0 aliphatic carbocycles. The lowest BCUT2D eigenvalue weighted by atomic mass is 10.1. The first-order valence-corrected chi connectivity index (χ1v) is 4.74. The largest absolute Gasteiger partial charge is 0.452 e. The molecule has 1 rings (SSSR count). The number of esters is 1. The van der Waals surface area contributed by atoms with E-state index in [-0.39, 0.29) is 5.88 Å². The fourth-order valence-corrected chi connectivity index (χ4v) is 1.13. The number of hydrogen-bond donors (Lipinski definition) is 0. The van der Waals surface area contributed by atoms with Crippen molar-refractivity contribution < 1.29 is 9.53 Å². The van der Waals surface area contributed by atoms with Crippen LogP contribution in [0.1, 0.15) is 11.7 Å². The molecule has 0 heterocycles. The molecule has 0 saturated heterocycles. The molecule has 0 amide bonds. The maximum absolute atomic E-state index is 11.0. The van der Waals surface area contributed by atoms with Gasteiger partial charge < -0.3 is 4.74 Å². The lowest BCUT2D eigenvalue weighted by Gasteiger charge is -2.12. The smallest absolute Gasteiger partial charge is 0.321 e. The van der Waals surface area contributed by atoms with Crippen molar-refractivity contribution in [3.8, 4) is 0 Å². The van der Waals surface area contributed by atoms with Crippen LogP contribution in [-0.2, 0) is 9.53 Å². The van der Waals surface area contributed by atoms with Gasteiger partial charge in [0.15, 0.2) is 0 Å². The summed E-state index contributed by atoms with van der Waals surface area (Å²) in [6, 6.07) is 9.38. The summed E-state index contributed by atoms with van der Waals surface area (Å²) >= 11 is 5.33. The average molecular weight is 211 g/mol. The van der Waals surface area contributed by atoms with Crippen molar-refractivity contribution in [3.63, 3.8) is 0 Å². The minimum atomic E-state index is -0.444. The molecule has 0 aliphatic rings. The molecule has 0 spiro atoms. The topological polar surface area (TPSA) is 26.3 Å². The van der Waals surface area contributed by atoms with Gasteiger partial charge in [0.1, 0.15) is 12.0 Å². The van der Waals surface area contributed by atoms with Crippen LogP contribution in [0.25, 0.3) is 0 Å². The Morgan fingerprint density at radius 1 is 1.50 bits per heavy atom. The highest BCUT2D eigenvalue weighted by Crippen LogP contribution is 2.18. The highest BCUT2D eigenvalue weighted by Gasteiger charge is 2.11. The number of carbonyl (C=O) groups is 1. The number of rotatable bonds is 4. The van der Waals surface area contributed by atoms with Crippen LogP contribution in [0.3, 0.4) is 0 Å². The highest BCUT2D eigenvalue weighted by atomic mass is 35.5. The van der Waals surface area contributed by atoms with E-state index in [0.29, 0.717) is 0 Å². The Kier molecular flexibility index (Phi) is 4.20. The van der Waals surface area contributed by atoms with Crippen LogP contribution in [-0.4, -0.2) is 11.8 Å². The van der Waals surface area contributed by atoms with Gasteiger partial charge in [-0.2, -0.15) is 0 Å². The molecule has 0 aliphatic heterocycles. The molecule has 1 atom stereocenters. The summed E-state index contributed by atoms with van der Waals surface area (Å²) in [7, 11) is 0. The third-order valence-corrected chi connectivity index (χ3v) is 1.93. The number of benzene rings is 1. The Bertz CT molecular complexity index is 308. The van der Waals surface area contributed by atoms with Gasteiger partial charge in [0.25, 0.3) is 0 Å². The van der Waals surface area contributed by atoms with Gasteiger partial charge in [-0.25, -0.2) is 0 Å². The van der Waals surface area contributed by atoms with Crippen molar-refractivity contribution in [2.24, 2.45) is 0 Å². The molecule has 2 nitrogen and oxygen atoms in total. The van der Waals surface area contributed by atoms with E-state index in [4.69, 9.17) is 16.3 Å². The lowest BCUT2D eigenvalue weighted by molar-refractivity contribution is -0.144. The third-order valence-electron chi connectivity index (χ3n) is 1.71. The van der Waals surface area contributed by atoms with E-state index in [1.807, 2.05) is 30.3 Å². The van der Waals surface area contributed by atoms with Crippen molar-refractivity contribution in [2.45, 2.75) is 6.10 Å². The van der Waals surface area contributed by atoms with Gasteiger partial charge in [-0.05, 0) is 11.6 Å². The van der Waals surface area contributed by atoms with E-state index >= 15 is 0 Å². The summed E-state index contributed by atoms with van der Waals surface area (Å²) in [6.07, 6.45) is 1.15. The minimum absolute atomic E-state index is 0.142. The van der Waals surface area contributed by atoms with Gasteiger partial charge in [0.2, 0.25) is 0 Å². The van der Waals surface area contributed by atoms with Crippen LogP contribution in [0.4, 0.5) is 0 Å². The first kappa shape index (κ1) is 10.8. The maximum Gasteiger partial charge on any atom is 0.321 e. The van der Waals surface area contributed by atoms with E-state index in [0.717, 1.165) is 5.56 Å². The minimum Gasteiger partial charge on any atom is -0.452 e. The van der Waals surface area contributed by atoms with Crippen LogP contribution >= 0.6 is 11.6 Å². The molecular weight excluding hydrogens is 200 g/mol. The summed E-state index contributed by atoms with van der Waals surface area (Å²) in [6.45, 7) is 3.60. The second-order valence-corrected chi connectivity index (χ2v) is 2.96. The summed E-state index contributed by atoms with van der Waals surface area (Å²) in [5, 5.41) is 0. The van der Waals surface area contributed by atoms with Gasteiger partial charge in [0, 0.05) is 0 Å². The zero-order valence-corrected chi connectivity index (χ0v) is 8.41. The van der Waals surface area contributed by atoms with E-state index in [1.165, 1.54) is 0 Å². The van der Waals surface area contributed by atoms with Gasteiger partial charge in [0.05, 0.1) is 0 Å². The van der Waals surface area contributed by atoms with Crippen molar-refractivity contribution in [1.29, 1.82) is 0 Å². The summed E-state index contributed by atoms with van der Waals surface area (Å²) in [4.78, 5) is 11.0. The quantitative estimate of drug-likeness (QED) is 0.434. The average Bonchev–Trinajstić information content (AvgIpc) is 2.26. The normalized spacial score (nSPS) is 11.8. The monoisotopic (exact) mass is 210 g/mol. The molecule has 0 bridgehead atoms. The number of ether oxygens (including phenoxy) is 1. The van der Waals surface area contributed by atoms with Gasteiger partial charge in [-0.15, -0.1) is 11.6 Å². The second kappa shape index (κ2) is 5.45. The van der Waals surface area contributed by atoms with E-state index in [1.54, 1.807) is 6.08 Å². The molecular formula is C11H11ClO2. The van der Waals surface area contributed by atoms with Crippen LogP contribution in [0.2, 0.25) is 0 Å². The molecule has 1 aromatic carbocycles. The van der Waals surface area contributed by atoms with Crippen LogP contribution in [0.15, 0.2) is 43.0 Å². The molecule has 14 heavy (non-hydrogen) atoms. The van der Waals surface area contributed by atoms with Gasteiger partial charge >= 0.3 is 5.97 Å². The molecule has 74 valence electrons. The maximum atomic E-state index is 11.0. The van der Waals surface area contributed by atoms with Gasteiger partial charge in [-0.3, -0.25) is 4.79 Å². The Labute approximate surface area is 88.1 Å². The van der Waals surface area contributed by atoms with Crippen molar-refractivity contribution in [1.82, 2.24) is 0 Å². The second-order valence-electron chi connectivity index (χ2n) is 2.69. The molecule has 0 N–H and O–H groups in total. The van der Waals surface area contributed by atoms with E-state index in [9.17, 15) is 4.79 Å². The molecule has 0 aromatic heterocycles. The van der Waals surface area contributed by atoms with E-state index < -0.39 is 12.1 Å². The Hall–Kier alpha value is -1.28. The Balaban J connectivity index is 2.73. The first-order valence-electron chi connectivity index (χ1n) is 4.21. The number of hydrogen-bond acceptors (Lipinski definition) is 2. The van der Waals surface area contributed by atoms with Crippen LogP contribution < -0.4 is 0 Å². The predicted molar refractivity (Wildman–Crippen MR) is 56.2 cm³/mol. The molecule has 0 saturated carbocycles. The van der Waals surface area contributed by atoms with Crippen molar-refractivity contribution >= 4 is 17.6 Å². The fourth-order valence-electron chi connectivity index (χ4n) is 1.07. The van der Waals surface area contributed by atoms with Gasteiger partial charge in [-0.1, -0.05) is 36.9 Å². The summed E-state index contributed by atoms with van der Waals surface area (Å²) in [5.41, 5.74) is 0.890. The number of halogens is 1. The Morgan fingerprint density at radius 3 is 2.64 bits per heavy atom. The van der Waals surface area contributed by atoms with E-state index in [2.05, 4.69) is 6.58 Å². The summed E-state index contributed by atoms with van der Waals surface area (Å²) < 4.78 is 5.05. The molecule has 0 radical (unpaired) electrons. The molecule has 3 heteroatoms. The standard InChI is InChI=1S/C11H11ClO2/c1-2-10(14-11(13)8-12)9-6-4-3-5-7-9/h2-7,10H,1,8H2/t10-/m1/s1. The van der Waals surface area contributed by atoms with Crippen molar-refractivity contribution in [2.75, 3.05) is 5.88 Å². The summed E-state index contributed by atoms with van der Waals surface area (Å²) in [5.74, 6) is -0.586. The third kappa shape index (κ3) is 2.89. The zero-order valence-electron chi connectivity index (χ0n) is 7.65. The number of carbonyl (C=O) groups excluding carboxylic acids is 1. The number of alkyl halides is 1. The molecule has 0 unspecified atom stereocenters. The lowest BCUT2D eigenvalue weighted by Crippen LogP contribution is -2.10. The van der Waals surface area contributed by atoms with Crippen LogP contribution in [0, 0.1) is 0 Å². The zero-order chi connectivity index (χ0) is 10.4. The van der Waals surface area contributed by atoms with Crippen LogP contribution in [0.5, 0.6) is 0 Å². The predicted octanol–water partition coefficient (Wildman–Crippen LogP) is 2.70. The Morgan fingerprint density at radius 2 is 2.14 bits per heavy atom. The first-order chi connectivity index (χ1) is 6.77.